The Labute approximate surface area is 95.3 Å². The lowest BCUT2D eigenvalue weighted by atomic mass is 9.96. The van der Waals surface area contributed by atoms with E-state index < -0.39 is 0 Å². The first-order valence-electron chi connectivity index (χ1n) is 6.08. The largest absolute Gasteiger partial charge is 0.354 e. The topological polar surface area (TPSA) is 70.2 Å². The molecule has 1 saturated carbocycles. The van der Waals surface area contributed by atoms with Crippen LogP contribution in [0.5, 0.6) is 0 Å². The zero-order valence-corrected chi connectivity index (χ0v) is 9.42. The molecule has 1 aliphatic heterocycles. The number of carbonyl (C=O) groups excluding carboxylic acids is 2. The van der Waals surface area contributed by atoms with Crippen LogP contribution in [0, 0.1) is 0 Å². The van der Waals surface area contributed by atoms with E-state index >= 15 is 0 Å². The number of urea groups is 1. The molecule has 0 aromatic carbocycles. The normalized spacial score (nSPS) is 26.2. The molecule has 2 rings (SSSR count). The molecule has 5 heteroatoms. The summed E-state index contributed by atoms with van der Waals surface area (Å²) in [6, 6.07) is 0.142. The molecule has 0 bridgehead atoms. The van der Waals surface area contributed by atoms with Gasteiger partial charge in [-0.05, 0) is 12.8 Å². The maximum Gasteiger partial charge on any atom is 0.315 e. The number of carbonyl (C=O) groups is 2. The summed E-state index contributed by atoms with van der Waals surface area (Å²) in [6.07, 6.45) is 6.24. The van der Waals surface area contributed by atoms with Gasteiger partial charge in [0.1, 0.15) is 0 Å². The quantitative estimate of drug-likeness (QED) is 0.640. The fourth-order valence-corrected chi connectivity index (χ4v) is 2.37. The average Bonchev–Trinajstić information content (AvgIpc) is 2.65. The van der Waals surface area contributed by atoms with Crippen LogP contribution in [0.3, 0.4) is 0 Å². The molecular formula is C11H19N3O2. The van der Waals surface area contributed by atoms with E-state index in [4.69, 9.17) is 0 Å². The van der Waals surface area contributed by atoms with Crippen LogP contribution in [0.2, 0.25) is 0 Å². The van der Waals surface area contributed by atoms with Gasteiger partial charge in [-0.2, -0.15) is 0 Å². The Morgan fingerprint density at radius 1 is 1.12 bits per heavy atom. The Kier molecular flexibility index (Phi) is 3.64. The van der Waals surface area contributed by atoms with Crippen molar-refractivity contribution in [2.45, 2.75) is 50.6 Å². The van der Waals surface area contributed by atoms with Gasteiger partial charge in [0.05, 0.1) is 6.04 Å². The van der Waals surface area contributed by atoms with Gasteiger partial charge in [-0.15, -0.1) is 0 Å². The van der Waals surface area contributed by atoms with E-state index in [1.54, 1.807) is 0 Å². The summed E-state index contributed by atoms with van der Waals surface area (Å²) >= 11 is 0. The van der Waals surface area contributed by atoms with E-state index in [-0.39, 0.29) is 18.0 Å². The second kappa shape index (κ2) is 5.18. The van der Waals surface area contributed by atoms with Crippen molar-refractivity contribution in [1.29, 1.82) is 0 Å². The van der Waals surface area contributed by atoms with E-state index in [1.165, 1.54) is 19.3 Å². The van der Waals surface area contributed by atoms with Gasteiger partial charge < -0.3 is 16.0 Å². The monoisotopic (exact) mass is 225 g/mol. The highest BCUT2D eigenvalue weighted by molar-refractivity contribution is 5.81. The minimum Gasteiger partial charge on any atom is -0.354 e. The molecule has 3 N–H and O–H groups in total. The molecule has 5 nitrogen and oxygen atoms in total. The lowest BCUT2D eigenvalue weighted by Gasteiger charge is -2.23. The summed E-state index contributed by atoms with van der Waals surface area (Å²) in [4.78, 5) is 22.6. The number of rotatable bonds is 2. The third-order valence-corrected chi connectivity index (χ3v) is 3.25. The van der Waals surface area contributed by atoms with E-state index in [2.05, 4.69) is 16.0 Å². The molecule has 1 aliphatic carbocycles. The van der Waals surface area contributed by atoms with Crippen molar-refractivity contribution in [3.8, 4) is 0 Å². The highest BCUT2D eigenvalue weighted by atomic mass is 16.2. The van der Waals surface area contributed by atoms with Crippen molar-refractivity contribution in [3.05, 3.63) is 0 Å². The van der Waals surface area contributed by atoms with Gasteiger partial charge in [0.25, 0.3) is 0 Å². The number of nitrogens with one attached hydrogen (secondary N) is 3. The van der Waals surface area contributed by atoms with Crippen LogP contribution < -0.4 is 16.0 Å². The van der Waals surface area contributed by atoms with Crippen molar-refractivity contribution in [2.24, 2.45) is 0 Å². The fraction of sp³-hybridized carbons (Fsp3) is 0.818. The molecule has 0 spiro atoms. The minimum absolute atomic E-state index is 0.0166. The maximum atomic E-state index is 11.6. The Morgan fingerprint density at radius 2 is 1.81 bits per heavy atom. The summed E-state index contributed by atoms with van der Waals surface area (Å²) in [5.74, 6) is 0.0166. The molecule has 3 amide bonds. The van der Waals surface area contributed by atoms with E-state index in [0.717, 1.165) is 12.8 Å². The Balaban J connectivity index is 1.69. The van der Waals surface area contributed by atoms with E-state index in [9.17, 15) is 9.59 Å². The molecule has 2 aliphatic rings. The minimum atomic E-state index is -0.131. The average molecular weight is 225 g/mol. The van der Waals surface area contributed by atoms with Gasteiger partial charge in [-0.1, -0.05) is 19.3 Å². The second-order valence-corrected chi connectivity index (χ2v) is 4.66. The van der Waals surface area contributed by atoms with Crippen molar-refractivity contribution in [1.82, 2.24) is 16.0 Å². The van der Waals surface area contributed by atoms with Crippen LogP contribution in [-0.2, 0) is 4.79 Å². The summed E-state index contributed by atoms with van der Waals surface area (Å²) in [5.41, 5.74) is 0. The van der Waals surface area contributed by atoms with Crippen LogP contribution in [-0.4, -0.2) is 30.6 Å². The number of hydrogen-bond acceptors (Lipinski definition) is 2. The highest BCUT2D eigenvalue weighted by Gasteiger charge is 2.24. The van der Waals surface area contributed by atoms with Gasteiger partial charge in [0.2, 0.25) is 5.91 Å². The van der Waals surface area contributed by atoms with Crippen LogP contribution in [0.1, 0.15) is 38.5 Å². The second-order valence-electron chi connectivity index (χ2n) is 4.66. The molecule has 1 atom stereocenters. The third-order valence-electron chi connectivity index (χ3n) is 3.25. The van der Waals surface area contributed by atoms with Gasteiger partial charge in [0.15, 0.2) is 0 Å². The molecule has 0 radical (unpaired) electrons. The SMILES string of the molecule is O=C1CC(NC(=O)NC2CCCCC2)CN1. The zero-order valence-electron chi connectivity index (χ0n) is 9.42. The lowest BCUT2D eigenvalue weighted by Crippen LogP contribution is -2.47. The standard InChI is InChI=1S/C11H19N3O2/c15-10-6-9(7-12-10)14-11(16)13-8-4-2-1-3-5-8/h8-9H,1-7H2,(H,12,15)(H2,13,14,16). The van der Waals surface area contributed by atoms with Crippen LogP contribution >= 0.6 is 0 Å². The van der Waals surface area contributed by atoms with Crippen molar-refractivity contribution in [2.75, 3.05) is 6.54 Å². The number of amides is 3. The summed E-state index contributed by atoms with van der Waals surface area (Å²) in [6.45, 7) is 0.552. The van der Waals surface area contributed by atoms with Gasteiger partial charge in [-0.25, -0.2) is 4.79 Å². The molecule has 1 unspecified atom stereocenters. The van der Waals surface area contributed by atoms with E-state index in [1.807, 2.05) is 0 Å². The van der Waals surface area contributed by atoms with Crippen molar-refractivity contribution in [3.63, 3.8) is 0 Å². The van der Waals surface area contributed by atoms with E-state index in [0.29, 0.717) is 19.0 Å². The molecule has 90 valence electrons. The Hall–Kier alpha value is -1.26. The lowest BCUT2D eigenvalue weighted by molar-refractivity contribution is -0.119. The summed E-state index contributed by atoms with van der Waals surface area (Å²) in [5, 5.41) is 8.49. The molecule has 1 saturated heterocycles. The molecular weight excluding hydrogens is 206 g/mol. The molecule has 0 aromatic rings. The van der Waals surface area contributed by atoms with Crippen LogP contribution in [0.15, 0.2) is 0 Å². The van der Waals surface area contributed by atoms with Crippen LogP contribution in [0.25, 0.3) is 0 Å². The molecule has 2 fully saturated rings. The van der Waals surface area contributed by atoms with Crippen LogP contribution in [0.4, 0.5) is 4.79 Å². The first-order chi connectivity index (χ1) is 7.74. The van der Waals surface area contributed by atoms with Crippen molar-refractivity contribution < 1.29 is 9.59 Å². The first-order valence-corrected chi connectivity index (χ1v) is 6.08. The van der Waals surface area contributed by atoms with Gasteiger partial charge >= 0.3 is 6.03 Å². The van der Waals surface area contributed by atoms with Gasteiger partial charge in [-0.3, -0.25) is 4.79 Å². The third kappa shape index (κ3) is 3.12. The predicted molar refractivity (Wildman–Crippen MR) is 60.0 cm³/mol. The number of hydrogen-bond donors (Lipinski definition) is 3. The highest BCUT2D eigenvalue weighted by Crippen LogP contribution is 2.17. The predicted octanol–water partition coefficient (Wildman–Crippen LogP) is 0.507. The first kappa shape index (κ1) is 11.2. The molecule has 1 heterocycles. The Bertz CT molecular complexity index is 274. The Morgan fingerprint density at radius 3 is 2.44 bits per heavy atom. The zero-order chi connectivity index (χ0) is 11.4. The summed E-state index contributed by atoms with van der Waals surface area (Å²) < 4.78 is 0. The van der Waals surface area contributed by atoms with Crippen molar-refractivity contribution >= 4 is 11.9 Å². The maximum absolute atomic E-state index is 11.6. The van der Waals surface area contributed by atoms with Gasteiger partial charge in [0, 0.05) is 19.0 Å². The molecule has 16 heavy (non-hydrogen) atoms. The summed E-state index contributed by atoms with van der Waals surface area (Å²) in [7, 11) is 0. The fourth-order valence-electron chi connectivity index (χ4n) is 2.37. The molecule has 0 aromatic heterocycles. The smallest absolute Gasteiger partial charge is 0.315 e.